The maximum Gasteiger partial charge on any atom is 0.220 e. The summed E-state index contributed by atoms with van der Waals surface area (Å²) < 4.78 is 5.06. The van der Waals surface area contributed by atoms with Gasteiger partial charge in [-0.25, -0.2) is 0 Å². The molecule has 0 heterocycles. The van der Waals surface area contributed by atoms with Gasteiger partial charge < -0.3 is 15.2 Å². The summed E-state index contributed by atoms with van der Waals surface area (Å²) in [6.07, 6.45) is 1.86. The molecule has 0 aliphatic carbocycles. The third-order valence-corrected chi connectivity index (χ3v) is 2.39. The van der Waals surface area contributed by atoms with E-state index in [4.69, 9.17) is 9.84 Å². The first-order valence-electron chi connectivity index (χ1n) is 5.36. The Hall–Kier alpha value is -0.610. The minimum atomic E-state index is -0.331. The van der Waals surface area contributed by atoms with Crippen LogP contribution in [0.2, 0.25) is 0 Å². The topological polar surface area (TPSA) is 58.6 Å². The molecule has 0 bridgehead atoms. The molecule has 2 N–H and O–H groups in total. The Bertz CT molecular complexity index is 192. The molecule has 0 saturated heterocycles. The molecule has 1 atom stereocenters. The molecular formula is C11H23NO3. The maximum absolute atomic E-state index is 11.5. The van der Waals surface area contributed by atoms with Crippen molar-refractivity contribution < 1.29 is 14.6 Å². The van der Waals surface area contributed by atoms with Crippen LogP contribution in [0.1, 0.15) is 40.0 Å². The molecule has 4 nitrogen and oxygen atoms in total. The predicted octanol–water partition coefficient (Wildman–Crippen LogP) is 1.08. The van der Waals surface area contributed by atoms with E-state index in [1.54, 1.807) is 7.11 Å². The number of nitrogens with one attached hydrogen (secondary N) is 1. The first-order valence-corrected chi connectivity index (χ1v) is 5.36. The van der Waals surface area contributed by atoms with E-state index in [1.165, 1.54) is 0 Å². The number of hydrogen-bond acceptors (Lipinski definition) is 3. The minimum absolute atomic E-state index is 0.0114. The van der Waals surface area contributed by atoms with Gasteiger partial charge in [0.15, 0.2) is 0 Å². The zero-order valence-electron chi connectivity index (χ0n) is 10.2. The Labute approximate surface area is 92.0 Å². The molecule has 1 amide bonds. The van der Waals surface area contributed by atoms with Crippen molar-refractivity contribution >= 4 is 5.91 Å². The van der Waals surface area contributed by atoms with Crippen LogP contribution in [0.15, 0.2) is 0 Å². The van der Waals surface area contributed by atoms with Crippen molar-refractivity contribution in [2.75, 3.05) is 13.7 Å². The number of carbonyl (C=O) groups is 1. The van der Waals surface area contributed by atoms with E-state index in [0.29, 0.717) is 12.8 Å². The van der Waals surface area contributed by atoms with Crippen LogP contribution in [-0.2, 0) is 9.53 Å². The first kappa shape index (κ1) is 14.4. The van der Waals surface area contributed by atoms with Crippen LogP contribution in [0.25, 0.3) is 0 Å². The van der Waals surface area contributed by atoms with Crippen LogP contribution in [0.4, 0.5) is 0 Å². The molecule has 0 rings (SSSR count). The summed E-state index contributed by atoms with van der Waals surface area (Å²) in [5.41, 5.74) is -0.331. The second-order valence-electron chi connectivity index (χ2n) is 4.49. The molecule has 0 saturated carbocycles. The maximum atomic E-state index is 11.5. The summed E-state index contributed by atoms with van der Waals surface area (Å²) >= 11 is 0. The minimum Gasteiger partial charge on any atom is -0.396 e. The summed E-state index contributed by atoms with van der Waals surface area (Å²) in [7, 11) is 1.64. The molecule has 0 spiro atoms. The van der Waals surface area contributed by atoms with Crippen LogP contribution in [0.3, 0.4) is 0 Å². The van der Waals surface area contributed by atoms with Gasteiger partial charge in [-0.05, 0) is 33.6 Å². The van der Waals surface area contributed by atoms with Crippen molar-refractivity contribution in [2.24, 2.45) is 0 Å². The average molecular weight is 217 g/mol. The number of aliphatic hydroxyl groups excluding tert-OH is 1. The van der Waals surface area contributed by atoms with Crippen molar-refractivity contribution in [3.05, 3.63) is 0 Å². The van der Waals surface area contributed by atoms with E-state index in [9.17, 15) is 4.79 Å². The smallest absolute Gasteiger partial charge is 0.220 e. The second-order valence-corrected chi connectivity index (χ2v) is 4.49. The molecule has 0 radical (unpaired) electrons. The Morgan fingerprint density at radius 3 is 2.60 bits per heavy atom. The van der Waals surface area contributed by atoms with Gasteiger partial charge in [-0.1, -0.05) is 0 Å². The van der Waals surface area contributed by atoms with Crippen LogP contribution >= 0.6 is 0 Å². The quantitative estimate of drug-likeness (QED) is 0.671. The lowest BCUT2D eigenvalue weighted by molar-refractivity contribution is -0.123. The van der Waals surface area contributed by atoms with Gasteiger partial charge in [0.25, 0.3) is 0 Å². The monoisotopic (exact) mass is 217 g/mol. The lowest BCUT2D eigenvalue weighted by Gasteiger charge is -2.25. The van der Waals surface area contributed by atoms with Gasteiger partial charge in [0.05, 0.1) is 6.10 Å². The molecule has 0 fully saturated rings. The van der Waals surface area contributed by atoms with Crippen LogP contribution < -0.4 is 5.32 Å². The number of amides is 1. The van der Waals surface area contributed by atoms with Gasteiger partial charge in [0.1, 0.15) is 0 Å². The van der Waals surface area contributed by atoms with E-state index in [-0.39, 0.29) is 24.2 Å². The Balaban J connectivity index is 3.82. The van der Waals surface area contributed by atoms with E-state index in [1.807, 2.05) is 20.8 Å². The highest BCUT2D eigenvalue weighted by Crippen LogP contribution is 2.08. The normalized spacial score (nSPS) is 13.7. The Kier molecular flexibility index (Phi) is 6.52. The number of aliphatic hydroxyl groups is 1. The van der Waals surface area contributed by atoms with Crippen molar-refractivity contribution in [2.45, 2.75) is 51.7 Å². The number of hydrogen-bond donors (Lipinski definition) is 2. The zero-order chi connectivity index (χ0) is 11.9. The van der Waals surface area contributed by atoms with E-state index in [0.717, 1.165) is 6.42 Å². The molecule has 0 aromatic carbocycles. The van der Waals surface area contributed by atoms with Gasteiger partial charge >= 0.3 is 0 Å². The Morgan fingerprint density at radius 2 is 2.13 bits per heavy atom. The van der Waals surface area contributed by atoms with Gasteiger partial charge in [-0.3, -0.25) is 4.79 Å². The van der Waals surface area contributed by atoms with Crippen molar-refractivity contribution in [1.29, 1.82) is 0 Å². The standard InChI is InChI=1S/C11H23NO3/c1-9(15-4)5-6-10(14)12-11(2,3)7-8-13/h9,13H,5-8H2,1-4H3,(H,12,14). The van der Waals surface area contributed by atoms with E-state index < -0.39 is 0 Å². The Morgan fingerprint density at radius 1 is 1.53 bits per heavy atom. The lowest BCUT2D eigenvalue weighted by atomic mass is 10.0. The third kappa shape index (κ3) is 7.33. The van der Waals surface area contributed by atoms with E-state index in [2.05, 4.69) is 5.32 Å². The summed E-state index contributed by atoms with van der Waals surface area (Å²) in [6, 6.07) is 0. The summed E-state index contributed by atoms with van der Waals surface area (Å²) in [5, 5.41) is 11.7. The van der Waals surface area contributed by atoms with E-state index >= 15 is 0 Å². The average Bonchev–Trinajstić information content (AvgIpc) is 2.13. The van der Waals surface area contributed by atoms with Crippen LogP contribution in [0, 0.1) is 0 Å². The highest BCUT2D eigenvalue weighted by atomic mass is 16.5. The summed E-state index contributed by atoms with van der Waals surface area (Å²) in [6.45, 7) is 5.83. The summed E-state index contributed by atoms with van der Waals surface area (Å²) in [4.78, 5) is 11.5. The van der Waals surface area contributed by atoms with Gasteiger partial charge in [-0.2, -0.15) is 0 Å². The largest absolute Gasteiger partial charge is 0.396 e. The molecular weight excluding hydrogens is 194 g/mol. The van der Waals surface area contributed by atoms with Crippen LogP contribution in [-0.4, -0.2) is 36.4 Å². The van der Waals surface area contributed by atoms with Crippen LogP contribution in [0.5, 0.6) is 0 Å². The first-order chi connectivity index (χ1) is 6.91. The van der Waals surface area contributed by atoms with Gasteiger partial charge in [0.2, 0.25) is 5.91 Å². The molecule has 0 aromatic rings. The molecule has 0 aliphatic heterocycles. The highest BCUT2D eigenvalue weighted by molar-refractivity contribution is 5.76. The predicted molar refractivity (Wildman–Crippen MR) is 59.6 cm³/mol. The van der Waals surface area contributed by atoms with Gasteiger partial charge in [0, 0.05) is 25.7 Å². The summed E-state index contributed by atoms with van der Waals surface area (Å²) in [5.74, 6) is 0.0114. The number of methoxy groups -OCH3 is 1. The van der Waals surface area contributed by atoms with Crippen molar-refractivity contribution in [1.82, 2.24) is 5.32 Å². The molecule has 15 heavy (non-hydrogen) atoms. The lowest BCUT2D eigenvalue weighted by Crippen LogP contribution is -2.44. The fraction of sp³-hybridized carbons (Fsp3) is 0.909. The highest BCUT2D eigenvalue weighted by Gasteiger charge is 2.19. The third-order valence-electron chi connectivity index (χ3n) is 2.39. The SMILES string of the molecule is COC(C)CCC(=O)NC(C)(C)CCO. The molecule has 1 unspecified atom stereocenters. The number of rotatable bonds is 7. The molecule has 0 aliphatic rings. The zero-order valence-corrected chi connectivity index (χ0v) is 10.2. The van der Waals surface area contributed by atoms with Crippen molar-refractivity contribution in [3.8, 4) is 0 Å². The fourth-order valence-electron chi connectivity index (χ4n) is 1.23. The van der Waals surface area contributed by atoms with Gasteiger partial charge in [-0.15, -0.1) is 0 Å². The molecule has 0 aromatic heterocycles. The molecule has 4 heteroatoms. The second kappa shape index (κ2) is 6.80. The fourth-order valence-corrected chi connectivity index (χ4v) is 1.23. The number of ether oxygens (including phenoxy) is 1. The van der Waals surface area contributed by atoms with Crippen molar-refractivity contribution in [3.63, 3.8) is 0 Å². The number of carbonyl (C=O) groups excluding carboxylic acids is 1. The molecule has 90 valence electrons.